The number of rotatable bonds is 7. The number of aliphatic hydroxyl groups is 1. The molecule has 0 aliphatic rings. The van der Waals surface area contributed by atoms with Crippen LogP contribution in [0.5, 0.6) is 0 Å². The van der Waals surface area contributed by atoms with E-state index in [1.807, 2.05) is 6.92 Å². The van der Waals surface area contributed by atoms with E-state index in [1.54, 1.807) is 12.1 Å². The number of hydrogen-bond acceptors (Lipinski definition) is 5. The fourth-order valence-electron chi connectivity index (χ4n) is 1.90. The summed E-state index contributed by atoms with van der Waals surface area (Å²) in [7, 11) is 0. The van der Waals surface area contributed by atoms with Gasteiger partial charge in [-0.05, 0) is 24.6 Å². The monoisotopic (exact) mass is 305 g/mol. The van der Waals surface area contributed by atoms with E-state index in [0.29, 0.717) is 12.3 Å². The zero-order chi connectivity index (χ0) is 15.9. The van der Waals surface area contributed by atoms with Gasteiger partial charge in [-0.15, -0.1) is 0 Å². The molecule has 2 heterocycles. The molecule has 0 radical (unpaired) electrons. The Labute approximate surface area is 127 Å². The lowest BCUT2D eigenvalue weighted by molar-refractivity contribution is 0.0893. The Bertz CT molecular complexity index is 664. The zero-order valence-corrected chi connectivity index (χ0v) is 12.4. The minimum absolute atomic E-state index is 0.00210. The van der Waals surface area contributed by atoms with Crippen molar-refractivity contribution in [1.82, 2.24) is 15.1 Å². The van der Waals surface area contributed by atoms with Gasteiger partial charge in [0.1, 0.15) is 17.6 Å². The average Bonchev–Trinajstić information content (AvgIpc) is 3.06. The number of aliphatic hydroxyl groups excluding tert-OH is 1. The van der Waals surface area contributed by atoms with Crippen molar-refractivity contribution in [2.75, 3.05) is 6.54 Å². The highest BCUT2D eigenvalue weighted by Gasteiger charge is 2.14. The van der Waals surface area contributed by atoms with Gasteiger partial charge in [0, 0.05) is 12.6 Å². The molecule has 0 saturated carbocycles. The maximum absolute atomic E-state index is 12.0. The summed E-state index contributed by atoms with van der Waals surface area (Å²) in [6, 6.07) is 5.98. The fraction of sp³-hybridized carbons (Fsp3) is 0.400. The second-order valence-electron chi connectivity index (χ2n) is 4.87. The molecule has 0 saturated heterocycles. The molecule has 0 fully saturated rings. The van der Waals surface area contributed by atoms with Crippen molar-refractivity contribution in [2.45, 2.75) is 32.4 Å². The van der Waals surface area contributed by atoms with E-state index in [-0.39, 0.29) is 17.8 Å². The van der Waals surface area contributed by atoms with Gasteiger partial charge in [0.05, 0.1) is 12.8 Å². The van der Waals surface area contributed by atoms with E-state index in [4.69, 9.17) is 4.42 Å². The Morgan fingerprint density at radius 3 is 2.95 bits per heavy atom. The van der Waals surface area contributed by atoms with Crippen LogP contribution in [0.15, 0.2) is 39.7 Å². The van der Waals surface area contributed by atoms with Crippen LogP contribution in [0.4, 0.5) is 0 Å². The summed E-state index contributed by atoms with van der Waals surface area (Å²) in [5.74, 6) is -0.0722. The van der Waals surface area contributed by atoms with Gasteiger partial charge in [-0.1, -0.05) is 13.3 Å². The van der Waals surface area contributed by atoms with Gasteiger partial charge in [0.15, 0.2) is 0 Å². The predicted octanol–water partition coefficient (Wildman–Crippen LogP) is 1.10. The van der Waals surface area contributed by atoms with Crippen LogP contribution < -0.4 is 10.9 Å². The number of hydrogen-bond donors (Lipinski definition) is 2. The molecule has 0 aromatic carbocycles. The van der Waals surface area contributed by atoms with Crippen molar-refractivity contribution in [2.24, 2.45) is 0 Å². The number of nitrogens with one attached hydrogen (secondary N) is 1. The van der Waals surface area contributed by atoms with Crippen LogP contribution in [-0.4, -0.2) is 27.3 Å². The summed E-state index contributed by atoms with van der Waals surface area (Å²) in [6.45, 7) is 2.49. The summed E-state index contributed by atoms with van der Waals surface area (Å²) in [5.41, 5.74) is -0.0945. The molecule has 0 bridgehead atoms. The lowest BCUT2D eigenvalue weighted by atomic mass is 10.2. The Morgan fingerprint density at radius 2 is 2.27 bits per heavy atom. The minimum Gasteiger partial charge on any atom is -0.467 e. The average molecular weight is 305 g/mol. The first-order valence-corrected chi connectivity index (χ1v) is 7.19. The number of nitrogens with zero attached hydrogens (tertiary/aromatic N) is 2. The number of carbonyl (C=O) groups is 1. The van der Waals surface area contributed by atoms with Crippen molar-refractivity contribution >= 4 is 5.91 Å². The zero-order valence-electron chi connectivity index (χ0n) is 12.4. The van der Waals surface area contributed by atoms with E-state index in [9.17, 15) is 14.7 Å². The standard InChI is InChI=1S/C15H19N3O4/c1-2-3-8-18-14(20)7-6-11(17-18)15(21)16-10-12(19)13-5-4-9-22-13/h4-7,9,12,19H,2-3,8,10H2,1H3,(H,16,21). The highest BCUT2D eigenvalue weighted by molar-refractivity contribution is 5.91. The summed E-state index contributed by atoms with van der Waals surface area (Å²) in [5, 5.41) is 16.4. The molecule has 7 nitrogen and oxygen atoms in total. The van der Waals surface area contributed by atoms with Crippen molar-refractivity contribution in [3.8, 4) is 0 Å². The van der Waals surface area contributed by atoms with E-state index in [0.717, 1.165) is 12.8 Å². The molecule has 0 aliphatic heterocycles. The van der Waals surface area contributed by atoms with Crippen LogP contribution in [0, 0.1) is 0 Å². The molecule has 7 heteroatoms. The Morgan fingerprint density at radius 1 is 1.45 bits per heavy atom. The third kappa shape index (κ3) is 4.05. The molecule has 2 N–H and O–H groups in total. The number of aryl methyl sites for hydroxylation is 1. The minimum atomic E-state index is -0.926. The van der Waals surface area contributed by atoms with Gasteiger partial charge in [-0.25, -0.2) is 4.68 Å². The van der Waals surface area contributed by atoms with E-state index in [1.165, 1.54) is 23.1 Å². The highest BCUT2D eigenvalue weighted by atomic mass is 16.4. The molecule has 0 spiro atoms. The third-order valence-corrected chi connectivity index (χ3v) is 3.15. The second kappa shape index (κ2) is 7.56. The van der Waals surface area contributed by atoms with Gasteiger partial charge >= 0.3 is 0 Å². The second-order valence-corrected chi connectivity index (χ2v) is 4.87. The van der Waals surface area contributed by atoms with Crippen molar-refractivity contribution in [1.29, 1.82) is 0 Å². The molecule has 2 aromatic rings. The van der Waals surface area contributed by atoms with Crippen LogP contribution in [0.2, 0.25) is 0 Å². The van der Waals surface area contributed by atoms with Gasteiger partial charge < -0.3 is 14.8 Å². The first-order valence-electron chi connectivity index (χ1n) is 7.19. The molecule has 118 valence electrons. The Balaban J connectivity index is 1.98. The van der Waals surface area contributed by atoms with Gasteiger partial charge in [-0.2, -0.15) is 5.10 Å². The molecular weight excluding hydrogens is 286 g/mol. The van der Waals surface area contributed by atoms with Gasteiger partial charge in [-0.3, -0.25) is 9.59 Å². The summed E-state index contributed by atoms with van der Waals surface area (Å²) < 4.78 is 6.33. The Hall–Kier alpha value is -2.41. The van der Waals surface area contributed by atoms with Crippen molar-refractivity contribution < 1.29 is 14.3 Å². The van der Waals surface area contributed by atoms with E-state index < -0.39 is 12.0 Å². The first-order chi connectivity index (χ1) is 10.6. The number of unbranched alkanes of at least 4 members (excludes halogenated alkanes) is 1. The van der Waals surface area contributed by atoms with Crippen molar-refractivity contribution in [3.63, 3.8) is 0 Å². The first kappa shape index (κ1) is 16.0. The van der Waals surface area contributed by atoms with Gasteiger partial charge in [0.25, 0.3) is 11.5 Å². The summed E-state index contributed by atoms with van der Waals surface area (Å²) in [4.78, 5) is 23.7. The lowest BCUT2D eigenvalue weighted by Crippen LogP contribution is -2.32. The van der Waals surface area contributed by atoms with Crippen LogP contribution in [0.1, 0.15) is 42.1 Å². The van der Waals surface area contributed by atoms with Gasteiger partial charge in [0.2, 0.25) is 0 Å². The number of carbonyl (C=O) groups excluding carboxylic acids is 1. The van der Waals surface area contributed by atoms with E-state index >= 15 is 0 Å². The lowest BCUT2D eigenvalue weighted by Gasteiger charge is -2.10. The van der Waals surface area contributed by atoms with Crippen LogP contribution in [-0.2, 0) is 6.54 Å². The molecule has 2 aromatic heterocycles. The molecular formula is C15H19N3O4. The molecule has 22 heavy (non-hydrogen) atoms. The van der Waals surface area contributed by atoms with E-state index in [2.05, 4.69) is 10.4 Å². The molecule has 1 amide bonds. The maximum atomic E-state index is 12.0. The molecule has 0 aliphatic carbocycles. The van der Waals surface area contributed by atoms with Crippen LogP contribution >= 0.6 is 0 Å². The topological polar surface area (TPSA) is 97.4 Å². The molecule has 1 atom stereocenters. The number of furan rings is 1. The SMILES string of the molecule is CCCCn1nc(C(=O)NCC(O)c2ccco2)ccc1=O. The molecule has 2 rings (SSSR count). The normalized spacial score (nSPS) is 12.1. The number of aromatic nitrogens is 2. The van der Waals surface area contributed by atoms with Crippen LogP contribution in [0.3, 0.4) is 0 Å². The largest absolute Gasteiger partial charge is 0.467 e. The third-order valence-electron chi connectivity index (χ3n) is 3.15. The quantitative estimate of drug-likeness (QED) is 0.798. The van der Waals surface area contributed by atoms with Crippen LogP contribution in [0.25, 0.3) is 0 Å². The Kier molecular flexibility index (Phi) is 5.48. The summed E-state index contributed by atoms with van der Waals surface area (Å²) >= 11 is 0. The summed E-state index contributed by atoms with van der Waals surface area (Å²) in [6.07, 6.45) is 2.27. The number of amides is 1. The van der Waals surface area contributed by atoms with Crippen molar-refractivity contribution in [3.05, 3.63) is 52.3 Å². The predicted molar refractivity (Wildman–Crippen MR) is 79.4 cm³/mol. The smallest absolute Gasteiger partial charge is 0.271 e. The maximum Gasteiger partial charge on any atom is 0.271 e. The fourth-order valence-corrected chi connectivity index (χ4v) is 1.90. The molecule has 1 unspecified atom stereocenters. The highest BCUT2D eigenvalue weighted by Crippen LogP contribution is 2.11.